The summed E-state index contributed by atoms with van der Waals surface area (Å²) >= 11 is 0. The lowest BCUT2D eigenvalue weighted by molar-refractivity contribution is -0.130. The highest BCUT2D eigenvalue weighted by Gasteiger charge is 2.51. The number of carbonyl (C=O) groups is 1. The maximum absolute atomic E-state index is 11.3. The predicted octanol–water partition coefficient (Wildman–Crippen LogP) is 0.346. The maximum atomic E-state index is 11.3. The van der Waals surface area contributed by atoms with E-state index < -0.39 is 0 Å². The average molecular weight is 168 g/mol. The highest BCUT2D eigenvalue weighted by atomic mass is 16.2. The van der Waals surface area contributed by atoms with Crippen LogP contribution < -0.4 is 5.73 Å². The third kappa shape index (κ3) is 1.12. The van der Waals surface area contributed by atoms with Gasteiger partial charge in [0.2, 0.25) is 5.91 Å². The second-order valence-electron chi connectivity index (χ2n) is 4.28. The van der Waals surface area contributed by atoms with E-state index in [0.29, 0.717) is 11.5 Å². The van der Waals surface area contributed by atoms with Gasteiger partial charge in [-0.05, 0) is 31.6 Å². The quantitative estimate of drug-likeness (QED) is 0.614. The van der Waals surface area contributed by atoms with E-state index in [9.17, 15) is 4.79 Å². The molecule has 1 aliphatic carbocycles. The predicted molar refractivity (Wildman–Crippen MR) is 46.5 cm³/mol. The van der Waals surface area contributed by atoms with E-state index in [1.807, 2.05) is 4.90 Å². The Morgan fingerprint density at radius 1 is 1.67 bits per heavy atom. The first-order valence-electron chi connectivity index (χ1n) is 4.66. The van der Waals surface area contributed by atoms with Gasteiger partial charge >= 0.3 is 0 Å². The van der Waals surface area contributed by atoms with Crippen molar-refractivity contribution in [2.45, 2.75) is 32.2 Å². The number of likely N-dealkylation sites (tertiary alicyclic amines) is 1. The van der Waals surface area contributed by atoms with E-state index in [1.54, 1.807) is 0 Å². The molecule has 1 spiro atoms. The molecule has 0 aromatic heterocycles. The topological polar surface area (TPSA) is 46.3 Å². The zero-order valence-corrected chi connectivity index (χ0v) is 7.55. The van der Waals surface area contributed by atoms with Crippen LogP contribution in [0.15, 0.2) is 0 Å². The lowest BCUT2D eigenvalue weighted by atomic mass is 10.0. The van der Waals surface area contributed by atoms with Gasteiger partial charge in [0, 0.05) is 12.6 Å². The van der Waals surface area contributed by atoms with Crippen molar-refractivity contribution in [2.75, 3.05) is 13.1 Å². The average Bonchev–Trinajstić information content (AvgIpc) is 2.70. The number of hydrogen-bond acceptors (Lipinski definition) is 2. The highest BCUT2D eigenvalue weighted by Crippen LogP contribution is 2.54. The minimum atomic E-state index is 0.117. The van der Waals surface area contributed by atoms with Crippen molar-refractivity contribution in [3.63, 3.8) is 0 Å². The van der Waals surface area contributed by atoms with Crippen molar-refractivity contribution in [2.24, 2.45) is 11.1 Å². The van der Waals surface area contributed by atoms with Gasteiger partial charge in [0.1, 0.15) is 0 Å². The van der Waals surface area contributed by atoms with E-state index in [-0.39, 0.29) is 12.5 Å². The highest BCUT2D eigenvalue weighted by molar-refractivity contribution is 5.78. The zero-order valence-electron chi connectivity index (χ0n) is 7.55. The van der Waals surface area contributed by atoms with Crippen LogP contribution in [0.1, 0.15) is 26.2 Å². The molecule has 0 unspecified atom stereocenters. The summed E-state index contributed by atoms with van der Waals surface area (Å²) in [7, 11) is 0. The molecule has 12 heavy (non-hydrogen) atoms. The van der Waals surface area contributed by atoms with Gasteiger partial charge in [-0.1, -0.05) is 0 Å². The molecule has 1 atom stereocenters. The van der Waals surface area contributed by atoms with E-state index in [4.69, 9.17) is 5.73 Å². The molecule has 3 nitrogen and oxygen atoms in total. The monoisotopic (exact) mass is 168 g/mol. The first-order valence-corrected chi connectivity index (χ1v) is 4.66. The van der Waals surface area contributed by atoms with Crippen molar-refractivity contribution in [3.05, 3.63) is 0 Å². The Kier molecular flexibility index (Phi) is 1.65. The zero-order chi connectivity index (χ0) is 8.77. The van der Waals surface area contributed by atoms with Crippen LogP contribution in [-0.4, -0.2) is 29.9 Å². The van der Waals surface area contributed by atoms with Crippen LogP contribution in [-0.2, 0) is 4.79 Å². The standard InChI is InChI=1S/C9H16N2O/c1-7-4-9(2-3-9)6-11(7)8(12)5-10/h7H,2-6,10H2,1H3/t7-/m0/s1. The van der Waals surface area contributed by atoms with E-state index >= 15 is 0 Å². The minimum absolute atomic E-state index is 0.117. The molecule has 2 rings (SSSR count). The van der Waals surface area contributed by atoms with Crippen molar-refractivity contribution in [1.29, 1.82) is 0 Å². The van der Waals surface area contributed by atoms with Crippen molar-refractivity contribution in [3.8, 4) is 0 Å². The number of nitrogens with zero attached hydrogens (tertiary/aromatic N) is 1. The molecule has 0 radical (unpaired) electrons. The lowest BCUT2D eigenvalue weighted by Crippen LogP contribution is -2.38. The Labute approximate surface area is 72.9 Å². The molecule has 1 saturated carbocycles. The second kappa shape index (κ2) is 2.46. The van der Waals surface area contributed by atoms with Crippen LogP contribution in [0.3, 0.4) is 0 Å². The molecule has 0 aromatic carbocycles. The van der Waals surface area contributed by atoms with Crippen LogP contribution in [0, 0.1) is 5.41 Å². The molecule has 1 saturated heterocycles. The Balaban J connectivity index is 2.03. The summed E-state index contributed by atoms with van der Waals surface area (Å²) in [5.74, 6) is 0.117. The van der Waals surface area contributed by atoms with Gasteiger partial charge in [0.05, 0.1) is 6.54 Å². The molecule has 1 aliphatic heterocycles. The van der Waals surface area contributed by atoms with Gasteiger partial charge in [-0.3, -0.25) is 4.79 Å². The van der Waals surface area contributed by atoms with Gasteiger partial charge in [-0.25, -0.2) is 0 Å². The fourth-order valence-electron chi connectivity index (χ4n) is 2.31. The smallest absolute Gasteiger partial charge is 0.236 e. The first kappa shape index (κ1) is 8.05. The van der Waals surface area contributed by atoms with Crippen LogP contribution in [0.4, 0.5) is 0 Å². The third-order valence-electron chi connectivity index (χ3n) is 3.22. The van der Waals surface area contributed by atoms with E-state index in [1.165, 1.54) is 19.3 Å². The summed E-state index contributed by atoms with van der Waals surface area (Å²) in [5, 5.41) is 0. The molecule has 68 valence electrons. The minimum Gasteiger partial charge on any atom is -0.338 e. The van der Waals surface area contributed by atoms with Crippen molar-refractivity contribution < 1.29 is 4.79 Å². The van der Waals surface area contributed by atoms with Crippen LogP contribution in [0.25, 0.3) is 0 Å². The summed E-state index contributed by atoms with van der Waals surface area (Å²) in [6.45, 7) is 3.26. The Bertz CT molecular complexity index is 211. The number of nitrogens with two attached hydrogens (primary N) is 1. The molecule has 3 heteroatoms. The molecular weight excluding hydrogens is 152 g/mol. The molecular formula is C9H16N2O. The summed E-state index contributed by atoms with van der Waals surface area (Å²) in [6.07, 6.45) is 3.82. The molecule has 2 aliphatic rings. The van der Waals surface area contributed by atoms with Gasteiger partial charge in [0.25, 0.3) is 0 Å². The summed E-state index contributed by atoms with van der Waals surface area (Å²) in [6, 6.07) is 0.420. The number of carbonyl (C=O) groups excluding carboxylic acids is 1. The molecule has 2 N–H and O–H groups in total. The lowest BCUT2D eigenvalue weighted by Gasteiger charge is -2.20. The van der Waals surface area contributed by atoms with Crippen LogP contribution in [0.2, 0.25) is 0 Å². The number of amides is 1. The molecule has 1 amide bonds. The largest absolute Gasteiger partial charge is 0.338 e. The SMILES string of the molecule is C[C@H]1CC2(CC2)CN1C(=O)CN. The number of rotatable bonds is 1. The number of hydrogen-bond donors (Lipinski definition) is 1. The first-order chi connectivity index (χ1) is 5.67. The fourth-order valence-corrected chi connectivity index (χ4v) is 2.31. The molecule has 0 aromatic rings. The van der Waals surface area contributed by atoms with E-state index in [2.05, 4.69) is 6.92 Å². The Hall–Kier alpha value is -0.570. The Morgan fingerprint density at radius 3 is 2.75 bits per heavy atom. The van der Waals surface area contributed by atoms with E-state index in [0.717, 1.165) is 6.54 Å². The van der Waals surface area contributed by atoms with Crippen LogP contribution >= 0.6 is 0 Å². The summed E-state index contributed by atoms with van der Waals surface area (Å²) < 4.78 is 0. The third-order valence-corrected chi connectivity index (χ3v) is 3.22. The fraction of sp³-hybridized carbons (Fsp3) is 0.889. The maximum Gasteiger partial charge on any atom is 0.236 e. The second-order valence-corrected chi connectivity index (χ2v) is 4.28. The van der Waals surface area contributed by atoms with Crippen molar-refractivity contribution in [1.82, 2.24) is 4.90 Å². The van der Waals surface area contributed by atoms with Gasteiger partial charge in [-0.15, -0.1) is 0 Å². The molecule has 2 fully saturated rings. The summed E-state index contributed by atoms with van der Waals surface area (Å²) in [5.41, 5.74) is 5.85. The van der Waals surface area contributed by atoms with Crippen molar-refractivity contribution >= 4 is 5.91 Å². The van der Waals surface area contributed by atoms with Gasteiger partial charge in [0.15, 0.2) is 0 Å². The van der Waals surface area contributed by atoms with Gasteiger partial charge < -0.3 is 10.6 Å². The van der Waals surface area contributed by atoms with Gasteiger partial charge in [-0.2, -0.15) is 0 Å². The van der Waals surface area contributed by atoms with Crippen LogP contribution in [0.5, 0.6) is 0 Å². The molecule has 1 heterocycles. The Morgan fingerprint density at radius 2 is 2.33 bits per heavy atom. The summed E-state index contributed by atoms with van der Waals surface area (Å²) in [4.78, 5) is 13.3. The normalized spacial score (nSPS) is 31.2. The molecule has 0 bridgehead atoms.